The summed E-state index contributed by atoms with van der Waals surface area (Å²) in [5.41, 5.74) is 0.233. The third-order valence-corrected chi connectivity index (χ3v) is 9.25. The number of anilines is 1. The molecule has 0 spiro atoms. The molecular weight excluding hydrogens is 536 g/mol. The highest BCUT2D eigenvalue weighted by molar-refractivity contribution is 7.92. The van der Waals surface area contributed by atoms with Crippen LogP contribution in [0.2, 0.25) is 0 Å². The molecule has 0 saturated carbocycles. The molecule has 2 aromatic rings. The number of benzene rings is 2. The molecule has 0 bridgehead atoms. The molecular formula is C24H32N4O8S2. The highest BCUT2D eigenvalue weighted by Crippen LogP contribution is 2.30. The minimum Gasteiger partial charge on any atom is -0.492 e. The van der Waals surface area contributed by atoms with E-state index in [2.05, 4.69) is 5.32 Å². The molecule has 0 unspecified atom stereocenters. The van der Waals surface area contributed by atoms with Crippen LogP contribution in [0.1, 0.15) is 31.7 Å². The van der Waals surface area contributed by atoms with E-state index in [0.29, 0.717) is 24.4 Å². The van der Waals surface area contributed by atoms with Gasteiger partial charge in [0.2, 0.25) is 26.0 Å². The fourth-order valence-corrected chi connectivity index (χ4v) is 7.01. The summed E-state index contributed by atoms with van der Waals surface area (Å²) in [4.78, 5) is 23.8. The van der Waals surface area contributed by atoms with Gasteiger partial charge in [-0.15, -0.1) is 0 Å². The zero-order valence-electron chi connectivity index (χ0n) is 21.5. The standard InChI is InChI=1S/C24H32N4O8S2/c1-4-22(27(37(3,32)33)23-17-19(28(30)31)8-7-18(23)2)24(29)25-13-16-36-20-9-11-21(12-10-20)38(34,35)26-14-5-6-15-26/h7-12,17,22H,4-6,13-16H2,1-3H3,(H,25,29)/t22-/m0/s1. The molecule has 0 aromatic heterocycles. The zero-order valence-corrected chi connectivity index (χ0v) is 23.1. The van der Waals surface area contributed by atoms with Crippen molar-refractivity contribution in [2.75, 3.05) is 36.8 Å². The average Bonchev–Trinajstić information content (AvgIpc) is 3.41. The molecule has 38 heavy (non-hydrogen) atoms. The largest absolute Gasteiger partial charge is 0.492 e. The third kappa shape index (κ3) is 6.79. The summed E-state index contributed by atoms with van der Waals surface area (Å²) in [5.74, 6) is -0.170. The first-order valence-corrected chi connectivity index (χ1v) is 15.4. The molecule has 0 radical (unpaired) electrons. The Morgan fingerprint density at radius 1 is 1.13 bits per heavy atom. The number of carbonyl (C=O) groups is 1. The number of sulfonamides is 2. The number of non-ortho nitro benzene ring substituents is 1. The van der Waals surface area contributed by atoms with Gasteiger partial charge in [-0.25, -0.2) is 16.8 Å². The Kier molecular flexibility index (Phi) is 9.33. The number of amides is 1. The molecule has 1 aliphatic rings. The molecule has 1 atom stereocenters. The highest BCUT2D eigenvalue weighted by atomic mass is 32.2. The summed E-state index contributed by atoms with van der Waals surface area (Å²) in [6, 6.07) is 8.73. The SMILES string of the molecule is CC[C@@H](C(=O)NCCOc1ccc(S(=O)(=O)N2CCCC2)cc1)N(c1cc([N+](=O)[O-])ccc1C)S(C)(=O)=O. The lowest BCUT2D eigenvalue weighted by Gasteiger charge is -2.31. The number of ether oxygens (including phenoxy) is 1. The van der Waals surface area contributed by atoms with E-state index >= 15 is 0 Å². The van der Waals surface area contributed by atoms with Crippen LogP contribution in [0, 0.1) is 17.0 Å². The maximum atomic E-state index is 13.0. The van der Waals surface area contributed by atoms with Crippen LogP contribution in [0.25, 0.3) is 0 Å². The molecule has 1 fully saturated rings. The van der Waals surface area contributed by atoms with Crippen LogP contribution in [0.3, 0.4) is 0 Å². The van der Waals surface area contributed by atoms with Crippen molar-refractivity contribution in [2.45, 2.75) is 44.0 Å². The number of nitro groups is 1. The Bertz CT molecular complexity index is 1370. The Labute approximate surface area is 222 Å². The molecule has 1 N–H and O–H groups in total. The monoisotopic (exact) mass is 568 g/mol. The molecule has 1 heterocycles. The van der Waals surface area contributed by atoms with E-state index in [1.54, 1.807) is 13.8 Å². The summed E-state index contributed by atoms with van der Waals surface area (Å²) >= 11 is 0. The van der Waals surface area contributed by atoms with Gasteiger partial charge in [-0.2, -0.15) is 4.31 Å². The molecule has 3 rings (SSSR count). The smallest absolute Gasteiger partial charge is 0.271 e. The Balaban J connectivity index is 1.64. The van der Waals surface area contributed by atoms with Crippen LogP contribution >= 0.6 is 0 Å². The van der Waals surface area contributed by atoms with Crippen LogP contribution < -0.4 is 14.4 Å². The van der Waals surface area contributed by atoms with Crippen molar-refractivity contribution in [2.24, 2.45) is 0 Å². The number of rotatable bonds is 12. The fraction of sp³-hybridized carbons (Fsp3) is 0.458. The summed E-state index contributed by atoms with van der Waals surface area (Å²) in [6.07, 6.45) is 2.75. The number of carbonyl (C=O) groups excluding carboxylic acids is 1. The van der Waals surface area contributed by atoms with E-state index in [0.717, 1.165) is 29.5 Å². The van der Waals surface area contributed by atoms with Crippen LogP contribution in [-0.4, -0.2) is 70.5 Å². The number of hydrogen-bond donors (Lipinski definition) is 1. The van der Waals surface area contributed by atoms with E-state index in [9.17, 15) is 31.7 Å². The second kappa shape index (κ2) is 12.1. The first-order valence-electron chi connectivity index (χ1n) is 12.1. The molecule has 1 saturated heterocycles. The van der Waals surface area contributed by atoms with Gasteiger partial charge in [0.05, 0.1) is 28.3 Å². The van der Waals surface area contributed by atoms with E-state index in [1.165, 1.54) is 40.7 Å². The summed E-state index contributed by atoms with van der Waals surface area (Å²) in [7, 11) is -7.50. The van der Waals surface area contributed by atoms with Crippen molar-refractivity contribution in [3.8, 4) is 5.75 Å². The normalized spacial score (nSPS) is 15.1. The predicted molar refractivity (Wildman–Crippen MR) is 142 cm³/mol. The van der Waals surface area contributed by atoms with Crippen LogP contribution in [0.5, 0.6) is 5.75 Å². The number of nitro benzene ring substituents is 1. The zero-order chi connectivity index (χ0) is 28.1. The van der Waals surface area contributed by atoms with E-state index in [-0.39, 0.29) is 35.8 Å². The lowest BCUT2D eigenvalue weighted by atomic mass is 10.1. The second-order valence-electron chi connectivity index (χ2n) is 8.93. The maximum absolute atomic E-state index is 13.0. The molecule has 1 aliphatic heterocycles. The van der Waals surface area contributed by atoms with Gasteiger partial charge in [0.15, 0.2) is 0 Å². The molecule has 208 valence electrons. The summed E-state index contributed by atoms with van der Waals surface area (Å²) in [6.45, 7) is 4.37. The van der Waals surface area contributed by atoms with Crippen molar-refractivity contribution in [3.05, 3.63) is 58.1 Å². The van der Waals surface area contributed by atoms with Crippen molar-refractivity contribution < 1.29 is 31.3 Å². The minimum absolute atomic E-state index is 0.0503. The van der Waals surface area contributed by atoms with E-state index < -0.39 is 36.9 Å². The molecule has 14 heteroatoms. The maximum Gasteiger partial charge on any atom is 0.271 e. The first kappa shape index (κ1) is 29.3. The van der Waals surface area contributed by atoms with Gasteiger partial charge in [0.25, 0.3) is 5.69 Å². The van der Waals surface area contributed by atoms with Gasteiger partial charge in [-0.1, -0.05) is 13.0 Å². The van der Waals surface area contributed by atoms with Gasteiger partial charge in [0, 0.05) is 25.2 Å². The number of nitrogens with one attached hydrogen (secondary N) is 1. The number of aryl methyl sites for hydroxylation is 1. The molecule has 2 aromatic carbocycles. The summed E-state index contributed by atoms with van der Waals surface area (Å²) < 4.78 is 58.6. The van der Waals surface area contributed by atoms with Crippen LogP contribution in [0.4, 0.5) is 11.4 Å². The first-order chi connectivity index (χ1) is 17.9. The third-order valence-electron chi connectivity index (χ3n) is 6.17. The number of hydrogen-bond acceptors (Lipinski definition) is 8. The Morgan fingerprint density at radius 3 is 2.32 bits per heavy atom. The molecule has 1 amide bonds. The predicted octanol–water partition coefficient (Wildman–Crippen LogP) is 2.43. The van der Waals surface area contributed by atoms with Gasteiger partial charge < -0.3 is 10.1 Å². The van der Waals surface area contributed by atoms with E-state index in [4.69, 9.17) is 4.74 Å². The Hall–Kier alpha value is -3.23. The molecule has 12 nitrogen and oxygen atoms in total. The van der Waals surface area contributed by atoms with Crippen LogP contribution in [-0.2, 0) is 24.8 Å². The topological polar surface area (TPSA) is 156 Å². The number of nitrogens with zero attached hydrogens (tertiary/aromatic N) is 3. The van der Waals surface area contributed by atoms with Crippen molar-refractivity contribution in [1.29, 1.82) is 0 Å². The quantitative estimate of drug-likeness (QED) is 0.232. The lowest BCUT2D eigenvalue weighted by molar-refractivity contribution is -0.384. The van der Waals surface area contributed by atoms with Gasteiger partial charge >= 0.3 is 0 Å². The highest BCUT2D eigenvalue weighted by Gasteiger charge is 2.33. The van der Waals surface area contributed by atoms with Crippen molar-refractivity contribution >= 4 is 37.3 Å². The van der Waals surface area contributed by atoms with Crippen LogP contribution in [0.15, 0.2) is 47.4 Å². The van der Waals surface area contributed by atoms with E-state index in [1.807, 2.05) is 0 Å². The lowest BCUT2D eigenvalue weighted by Crippen LogP contribution is -2.50. The van der Waals surface area contributed by atoms with Gasteiger partial charge in [-0.05, 0) is 56.0 Å². The Morgan fingerprint density at radius 2 is 1.76 bits per heavy atom. The average molecular weight is 569 g/mol. The second-order valence-corrected chi connectivity index (χ2v) is 12.7. The summed E-state index contributed by atoms with van der Waals surface area (Å²) in [5, 5.41) is 13.9. The van der Waals surface area contributed by atoms with Crippen molar-refractivity contribution in [3.63, 3.8) is 0 Å². The van der Waals surface area contributed by atoms with Gasteiger partial charge in [-0.3, -0.25) is 19.2 Å². The molecule has 0 aliphatic carbocycles. The fourth-order valence-electron chi connectivity index (χ4n) is 4.23. The minimum atomic E-state index is -3.97. The van der Waals surface area contributed by atoms with Crippen molar-refractivity contribution in [1.82, 2.24) is 9.62 Å². The van der Waals surface area contributed by atoms with Gasteiger partial charge in [0.1, 0.15) is 18.4 Å².